The van der Waals surface area contributed by atoms with Crippen molar-refractivity contribution < 1.29 is 4.92 Å². The highest BCUT2D eigenvalue weighted by Gasteiger charge is 2.23. The summed E-state index contributed by atoms with van der Waals surface area (Å²) >= 11 is 0. The van der Waals surface area contributed by atoms with Crippen molar-refractivity contribution in [2.24, 2.45) is 5.11 Å². The maximum Gasteiger partial charge on any atom is 0.302 e. The van der Waals surface area contributed by atoms with Gasteiger partial charge in [-0.25, -0.2) is 0 Å². The summed E-state index contributed by atoms with van der Waals surface area (Å²) in [6.07, 6.45) is 0. The number of piperazine rings is 1. The van der Waals surface area contributed by atoms with E-state index in [0.717, 1.165) is 13.1 Å². The molecular weight excluding hydrogens is 236 g/mol. The van der Waals surface area contributed by atoms with Crippen molar-refractivity contribution in [1.82, 2.24) is 5.32 Å². The number of benzene rings is 1. The maximum atomic E-state index is 11.1. The highest BCUT2D eigenvalue weighted by atomic mass is 16.6. The first kappa shape index (κ1) is 12.2. The summed E-state index contributed by atoms with van der Waals surface area (Å²) in [7, 11) is 0. The Labute approximate surface area is 103 Å². The van der Waals surface area contributed by atoms with E-state index in [4.69, 9.17) is 5.53 Å². The Hall–Kier alpha value is -2.31. The van der Waals surface area contributed by atoms with Crippen LogP contribution in [0, 0.1) is 10.1 Å². The number of nitrogens with zero attached hydrogens (tertiary/aromatic N) is 5. The summed E-state index contributed by atoms with van der Waals surface area (Å²) in [4.78, 5) is 15.2. The zero-order chi connectivity index (χ0) is 13.0. The summed E-state index contributed by atoms with van der Waals surface area (Å²) in [6, 6.07) is 4.79. The molecule has 0 saturated carbocycles. The molecule has 1 fully saturated rings. The molecule has 2 rings (SSSR count). The van der Waals surface area contributed by atoms with Gasteiger partial charge in [0.2, 0.25) is 0 Å². The molecule has 94 valence electrons. The second-order valence-corrected chi connectivity index (χ2v) is 3.83. The minimum absolute atomic E-state index is 0.0542. The lowest BCUT2D eigenvalue weighted by molar-refractivity contribution is -0.383. The molecule has 8 heteroatoms. The standard InChI is InChI=1S/C10H12N6O2/c11-14-13-8-2-1-3-9(10(8)16(17)18)15-6-4-12-5-7-15/h1-3,12H,4-7H2. The topological polar surface area (TPSA) is 107 Å². The molecule has 0 atom stereocenters. The Morgan fingerprint density at radius 2 is 2.17 bits per heavy atom. The molecule has 0 unspecified atom stereocenters. The zero-order valence-corrected chi connectivity index (χ0v) is 9.61. The Morgan fingerprint density at radius 3 is 2.78 bits per heavy atom. The van der Waals surface area contributed by atoms with Crippen LogP contribution in [0.3, 0.4) is 0 Å². The molecular formula is C10H12N6O2. The number of rotatable bonds is 3. The smallest absolute Gasteiger partial charge is 0.302 e. The first-order valence-electron chi connectivity index (χ1n) is 5.52. The average Bonchev–Trinajstić information content (AvgIpc) is 2.39. The molecule has 1 heterocycles. The van der Waals surface area contributed by atoms with Crippen LogP contribution >= 0.6 is 0 Å². The normalized spacial score (nSPS) is 15.0. The highest BCUT2D eigenvalue weighted by Crippen LogP contribution is 2.37. The number of hydrogen-bond donors (Lipinski definition) is 1. The molecule has 1 saturated heterocycles. The fraction of sp³-hybridized carbons (Fsp3) is 0.400. The SMILES string of the molecule is [N-]=[N+]=Nc1cccc(N2CCNCC2)c1[N+](=O)[O-]. The molecule has 0 spiro atoms. The third kappa shape index (κ3) is 2.34. The number of nitro benzene ring substituents is 1. The van der Waals surface area contributed by atoms with Crippen molar-refractivity contribution in [3.05, 3.63) is 38.8 Å². The Balaban J connectivity index is 2.48. The minimum atomic E-state index is -0.499. The van der Waals surface area contributed by atoms with Gasteiger partial charge in [0.25, 0.3) is 0 Å². The molecule has 1 N–H and O–H groups in total. The molecule has 1 aromatic carbocycles. The fourth-order valence-corrected chi connectivity index (χ4v) is 2.00. The molecule has 0 bridgehead atoms. The van der Waals surface area contributed by atoms with Crippen molar-refractivity contribution in [3.63, 3.8) is 0 Å². The Kier molecular flexibility index (Phi) is 3.61. The predicted molar refractivity (Wildman–Crippen MR) is 67.0 cm³/mol. The fourth-order valence-electron chi connectivity index (χ4n) is 2.00. The van der Waals surface area contributed by atoms with E-state index in [0.29, 0.717) is 18.8 Å². The van der Waals surface area contributed by atoms with Crippen molar-refractivity contribution in [2.45, 2.75) is 0 Å². The van der Waals surface area contributed by atoms with E-state index in [-0.39, 0.29) is 11.4 Å². The molecule has 0 amide bonds. The van der Waals surface area contributed by atoms with Gasteiger partial charge < -0.3 is 10.2 Å². The van der Waals surface area contributed by atoms with Crippen molar-refractivity contribution in [1.29, 1.82) is 0 Å². The number of anilines is 1. The largest absolute Gasteiger partial charge is 0.363 e. The van der Waals surface area contributed by atoms with Crippen LogP contribution in [0.15, 0.2) is 23.3 Å². The average molecular weight is 248 g/mol. The monoisotopic (exact) mass is 248 g/mol. The van der Waals surface area contributed by atoms with Gasteiger partial charge in [0, 0.05) is 31.1 Å². The van der Waals surface area contributed by atoms with E-state index in [1.807, 2.05) is 4.90 Å². The van der Waals surface area contributed by atoms with Gasteiger partial charge in [0.1, 0.15) is 11.4 Å². The van der Waals surface area contributed by atoms with Gasteiger partial charge in [-0.3, -0.25) is 10.1 Å². The molecule has 0 aliphatic carbocycles. The molecule has 8 nitrogen and oxygen atoms in total. The van der Waals surface area contributed by atoms with Crippen LogP contribution in [-0.2, 0) is 0 Å². The van der Waals surface area contributed by atoms with Crippen molar-refractivity contribution >= 4 is 17.1 Å². The lowest BCUT2D eigenvalue weighted by Gasteiger charge is -2.29. The van der Waals surface area contributed by atoms with Gasteiger partial charge in [0.05, 0.1) is 4.92 Å². The van der Waals surface area contributed by atoms with Crippen molar-refractivity contribution in [2.75, 3.05) is 31.1 Å². The lowest BCUT2D eigenvalue weighted by atomic mass is 10.2. The number of azide groups is 1. The van der Waals surface area contributed by atoms with E-state index >= 15 is 0 Å². The van der Waals surface area contributed by atoms with Gasteiger partial charge >= 0.3 is 5.69 Å². The van der Waals surface area contributed by atoms with Crippen LogP contribution in [0.1, 0.15) is 0 Å². The lowest BCUT2D eigenvalue weighted by Crippen LogP contribution is -2.43. The summed E-state index contributed by atoms with van der Waals surface area (Å²) < 4.78 is 0. The highest BCUT2D eigenvalue weighted by molar-refractivity contribution is 5.75. The minimum Gasteiger partial charge on any atom is -0.363 e. The van der Waals surface area contributed by atoms with Gasteiger partial charge in [-0.2, -0.15) is 0 Å². The van der Waals surface area contributed by atoms with Crippen LogP contribution in [0.5, 0.6) is 0 Å². The molecule has 1 aliphatic heterocycles. The van der Waals surface area contributed by atoms with Gasteiger partial charge in [0.15, 0.2) is 0 Å². The number of nitrogens with one attached hydrogen (secondary N) is 1. The Bertz CT molecular complexity index is 505. The van der Waals surface area contributed by atoms with Gasteiger partial charge in [-0.1, -0.05) is 11.2 Å². The third-order valence-corrected chi connectivity index (χ3v) is 2.79. The van der Waals surface area contributed by atoms with Crippen LogP contribution in [0.4, 0.5) is 17.1 Å². The Morgan fingerprint density at radius 1 is 1.44 bits per heavy atom. The molecule has 0 radical (unpaired) electrons. The van der Waals surface area contributed by atoms with E-state index < -0.39 is 4.92 Å². The summed E-state index contributed by atoms with van der Waals surface area (Å²) in [6.45, 7) is 2.95. The molecule has 0 aromatic heterocycles. The first-order valence-corrected chi connectivity index (χ1v) is 5.52. The van der Waals surface area contributed by atoms with Gasteiger partial charge in [-0.05, 0) is 17.7 Å². The second-order valence-electron chi connectivity index (χ2n) is 3.83. The number of hydrogen-bond acceptors (Lipinski definition) is 5. The quantitative estimate of drug-likeness (QED) is 0.290. The summed E-state index contributed by atoms with van der Waals surface area (Å²) in [5.41, 5.74) is 8.87. The van der Waals surface area contributed by atoms with Crippen LogP contribution in [0.2, 0.25) is 0 Å². The maximum absolute atomic E-state index is 11.1. The predicted octanol–water partition coefficient (Wildman–Crippen LogP) is 1.95. The third-order valence-electron chi connectivity index (χ3n) is 2.79. The van der Waals surface area contributed by atoms with Crippen LogP contribution < -0.4 is 10.2 Å². The zero-order valence-electron chi connectivity index (χ0n) is 9.61. The van der Waals surface area contributed by atoms with E-state index in [1.54, 1.807) is 12.1 Å². The van der Waals surface area contributed by atoms with E-state index in [9.17, 15) is 10.1 Å². The number of para-hydroxylation sites is 1. The number of nitro groups is 1. The van der Waals surface area contributed by atoms with Crippen molar-refractivity contribution in [3.8, 4) is 0 Å². The van der Waals surface area contributed by atoms with E-state index in [2.05, 4.69) is 15.3 Å². The summed E-state index contributed by atoms with van der Waals surface area (Å²) in [5, 5.41) is 17.7. The second kappa shape index (κ2) is 5.35. The van der Waals surface area contributed by atoms with Crippen LogP contribution in [-0.4, -0.2) is 31.1 Å². The van der Waals surface area contributed by atoms with Gasteiger partial charge in [-0.15, -0.1) is 0 Å². The van der Waals surface area contributed by atoms with Crippen LogP contribution in [0.25, 0.3) is 10.4 Å². The molecule has 18 heavy (non-hydrogen) atoms. The first-order chi connectivity index (χ1) is 8.74. The summed E-state index contributed by atoms with van der Waals surface area (Å²) in [5.74, 6) is 0. The molecule has 1 aromatic rings. The van der Waals surface area contributed by atoms with E-state index in [1.165, 1.54) is 6.07 Å². The molecule has 1 aliphatic rings.